The molecular formula is C12H13N5S. The Morgan fingerprint density at radius 3 is 2.72 bits per heavy atom. The minimum atomic E-state index is 0.122. The Hall–Kier alpha value is -1.79. The van der Waals surface area contributed by atoms with Gasteiger partial charge in [-0.05, 0) is 12.5 Å². The first-order valence-electron chi connectivity index (χ1n) is 5.73. The molecule has 6 heteroatoms. The van der Waals surface area contributed by atoms with E-state index in [-0.39, 0.29) is 5.92 Å². The Morgan fingerprint density at radius 2 is 2.06 bits per heavy atom. The molecule has 3 rings (SSSR count). The summed E-state index contributed by atoms with van der Waals surface area (Å²) in [5, 5.41) is 13.6. The second-order valence-corrected chi connectivity index (χ2v) is 5.07. The Bertz CT molecular complexity index is 657. The van der Waals surface area contributed by atoms with Crippen LogP contribution < -0.4 is 5.73 Å². The highest BCUT2D eigenvalue weighted by atomic mass is 32.1. The van der Waals surface area contributed by atoms with Crippen molar-refractivity contribution in [3.05, 3.63) is 46.7 Å². The summed E-state index contributed by atoms with van der Waals surface area (Å²) in [6.07, 6.45) is 0. The van der Waals surface area contributed by atoms with Crippen molar-refractivity contribution in [3.8, 4) is 0 Å². The van der Waals surface area contributed by atoms with Gasteiger partial charge in [0.05, 0.1) is 5.92 Å². The maximum atomic E-state index is 5.89. The summed E-state index contributed by atoms with van der Waals surface area (Å²) in [6, 6.07) is 10.2. The Kier molecular flexibility index (Phi) is 2.81. The van der Waals surface area contributed by atoms with E-state index < -0.39 is 0 Å². The molecule has 0 amide bonds. The third-order valence-corrected chi connectivity index (χ3v) is 3.91. The molecule has 1 aromatic carbocycles. The van der Waals surface area contributed by atoms with Crippen molar-refractivity contribution < 1.29 is 0 Å². The highest BCUT2D eigenvalue weighted by molar-refractivity contribution is 7.16. The van der Waals surface area contributed by atoms with Gasteiger partial charge in [-0.15, -0.1) is 10.2 Å². The van der Waals surface area contributed by atoms with Crippen molar-refractivity contribution in [3.63, 3.8) is 0 Å². The zero-order chi connectivity index (χ0) is 12.5. The molecule has 5 nitrogen and oxygen atoms in total. The van der Waals surface area contributed by atoms with Crippen LogP contribution in [0.5, 0.6) is 0 Å². The van der Waals surface area contributed by atoms with Crippen molar-refractivity contribution in [2.75, 3.05) is 6.54 Å². The largest absolute Gasteiger partial charge is 0.329 e. The van der Waals surface area contributed by atoms with Gasteiger partial charge in [-0.3, -0.25) is 0 Å². The summed E-state index contributed by atoms with van der Waals surface area (Å²) in [6.45, 7) is 2.43. The van der Waals surface area contributed by atoms with E-state index in [0.29, 0.717) is 6.54 Å². The van der Waals surface area contributed by atoms with E-state index in [4.69, 9.17) is 5.73 Å². The molecule has 0 spiro atoms. The molecule has 0 bridgehead atoms. The van der Waals surface area contributed by atoms with Crippen LogP contribution in [-0.4, -0.2) is 26.4 Å². The summed E-state index contributed by atoms with van der Waals surface area (Å²) in [7, 11) is 0. The van der Waals surface area contributed by atoms with Gasteiger partial charge >= 0.3 is 0 Å². The number of nitrogens with zero attached hydrogens (tertiary/aromatic N) is 4. The molecule has 0 aliphatic carbocycles. The van der Waals surface area contributed by atoms with Crippen LogP contribution >= 0.6 is 11.3 Å². The predicted molar refractivity (Wildman–Crippen MR) is 70.7 cm³/mol. The number of nitrogens with two attached hydrogens (primary N) is 1. The topological polar surface area (TPSA) is 69.1 Å². The van der Waals surface area contributed by atoms with Crippen LogP contribution in [0.15, 0.2) is 30.3 Å². The van der Waals surface area contributed by atoms with E-state index in [1.54, 1.807) is 15.9 Å². The van der Waals surface area contributed by atoms with Crippen LogP contribution in [-0.2, 0) is 0 Å². The third kappa shape index (κ3) is 1.79. The summed E-state index contributed by atoms with van der Waals surface area (Å²) < 4.78 is 1.77. The van der Waals surface area contributed by atoms with Gasteiger partial charge < -0.3 is 5.73 Å². The first-order chi connectivity index (χ1) is 8.79. The molecule has 3 aromatic rings. The normalized spacial score (nSPS) is 13.0. The number of aromatic nitrogens is 4. The lowest BCUT2D eigenvalue weighted by atomic mass is 10.0. The number of rotatable bonds is 3. The Labute approximate surface area is 108 Å². The van der Waals surface area contributed by atoms with Crippen LogP contribution in [0, 0.1) is 6.92 Å². The van der Waals surface area contributed by atoms with Gasteiger partial charge in [-0.25, -0.2) is 0 Å². The number of fused-ring (bicyclic) bond motifs is 1. The monoisotopic (exact) mass is 259 g/mol. The van der Waals surface area contributed by atoms with E-state index in [2.05, 4.69) is 27.4 Å². The van der Waals surface area contributed by atoms with Crippen molar-refractivity contribution in [2.45, 2.75) is 12.8 Å². The number of aryl methyl sites for hydroxylation is 1. The van der Waals surface area contributed by atoms with E-state index in [0.717, 1.165) is 15.8 Å². The molecule has 0 aliphatic heterocycles. The van der Waals surface area contributed by atoms with Crippen molar-refractivity contribution in [1.82, 2.24) is 19.8 Å². The minimum absolute atomic E-state index is 0.122. The maximum Gasteiger partial charge on any atom is 0.234 e. The molecule has 1 atom stereocenters. The fourth-order valence-corrected chi connectivity index (χ4v) is 2.96. The Morgan fingerprint density at radius 1 is 1.28 bits per heavy atom. The molecule has 0 fully saturated rings. The lowest BCUT2D eigenvalue weighted by Gasteiger charge is -2.11. The number of hydrogen-bond acceptors (Lipinski definition) is 5. The fourth-order valence-electron chi connectivity index (χ4n) is 1.94. The standard InChI is InChI=1S/C12H13N5S/c1-8-14-15-12-17(8)16-11(18-12)10(7-13)9-5-3-2-4-6-9/h2-6,10H,7,13H2,1H3. The van der Waals surface area contributed by atoms with Crippen LogP contribution in [0.4, 0.5) is 0 Å². The lowest BCUT2D eigenvalue weighted by Crippen LogP contribution is -2.14. The second kappa shape index (κ2) is 4.47. The van der Waals surface area contributed by atoms with Gasteiger partial charge in [0.1, 0.15) is 5.01 Å². The third-order valence-electron chi connectivity index (χ3n) is 2.90. The molecule has 92 valence electrons. The van der Waals surface area contributed by atoms with Gasteiger partial charge in [0, 0.05) is 6.54 Å². The fraction of sp³-hybridized carbons (Fsp3) is 0.250. The van der Waals surface area contributed by atoms with Crippen molar-refractivity contribution in [1.29, 1.82) is 0 Å². The van der Waals surface area contributed by atoms with Crippen molar-refractivity contribution >= 4 is 16.3 Å². The molecule has 0 radical (unpaired) electrons. The van der Waals surface area contributed by atoms with E-state index in [1.807, 2.05) is 25.1 Å². The van der Waals surface area contributed by atoms with Crippen molar-refractivity contribution in [2.24, 2.45) is 5.73 Å². The van der Waals surface area contributed by atoms with Gasteiger partial charge in [0.2, 0.25) is 4.96 Å². The van der Waals surface area contributed by atoms with Crippen LogP contribution in [0.3, 0.4) is 0 Å². The number of hydrogen-bond donors (Lipinski definition) is 1. The van der Waals surface area contributed by atoms with Crippen LogP contribution in [0.2, 0.25) is 0 Å². The minimum Gasteiger partial charge on any atom is -0.329 e. The molecule has 0 saturated carbocycles. The van der Waals surface area contributed by atoms with Gasteiger partial charge in [0.25, 0.3) is 0 Å². The molecule has 0 aliphatic rings. The summed E-state index contributed by atoms with van der Waals surface area (Å²) in [5.74, 6) is 0.925. The molecule has 2 heterocycles. The molecule has 2 N–H and O–H groups in total. The van der Waals surface area contributed by atoms with Crippen LogP contribution in [0.1, 0.15) is 22.3 Å². The lowest BCUT2D eigenvalue weighted by molar-refractivity contribution is 0.764. The van der Waals surface area contributed by atoms with E-state index in [1.165, 1.54) is 5.56 Å². The van der Waals surface area contributed by atoms with E-state index in [9.17, 15) is 0 Å². The molecule has 2 aromatic heterocycles. The summed E-state index contributed by atoms with van der Waals surface area (Å²) in [5.41, 5.74) is 7.07. The summed E-state index contributed by atoms with van der Waals surface area (Å²) in [4.78, 5) is 0.817. The highest BCUT2D eigenvalue weighted by Crippen LogP contribution is 2.27. The molecule has 0 saturated heterocycles. The number of benzene rings is 1. The second-order valence-electron chi connectivity index (χ2n) is 4.08. The zero-order valence-corrected chi connectivity index (χ0v) is 10.8. The first-order valence-corrected chi connectivity index (χ1v) is 6.55. The Balaban J connectivity index is 2.06. The average Bonchev–Trinajstić information content (AvgIpc) is 2.95. The SMILES string of the molecule is Cc1nnc2sc(C(CN)c3ccccc3)nn12. The van der Waals surface area contributed by atoms with Gasteiger partial charge in [-0.1, -0.05) is 41.7 Å². The highest BCUT2D eigenvalue weighted by Gasteiger charge is 2.18. The van der Waals surface area contributed by atoms with Gasteiger partial charge in [0.15, 0.2) is 5.82 Å². The zero-order valence-electron chi connectivity index (χ0n) is 9.95. The van der Waals surface area contributed by atoms with E-state index >= 15 is 0 Å². The quantitative estimate of drug-likeness (QED) is 0.775. The maximum absolute atomic E-state index is 5.89. The molecule has 18 heavy (non-hydrogen) atoms. The smallest absolute Gasteiger partial charge is 0.234 e. The molecule has 1 unspecified atom stereocenters. The predicted octanol–water partition coefficient (Wildman–Crippen LogP) is 1.58. The molecular weight excluding hydrogens is 246 g/mol. The first kappa shape index (κ1) is 11.3. The average molecular weight is 259 g/mol. The summed E-state index contributed by atoms with van der Waals surface area (Å²) >= 11 is 1.54. The van der Waals surface area contributed by atoms with Crippen LogP contribution in [0.25, 0.3) is 4.96 Å². The van der Waals surface area contributed by atoms with Gasteiger partial charge in [-0.2, -0.15) is 9.61 Å².